The first-order valence-corrected chi connectivity index (χ1v) is 16.5. The van der Waals surface area contributed by atoms with E-state index in [-0.39, 0.29) is 17.5 Å². The molecule has 2 heterocycles. The molecule has 3 N–H and O–H groups in total. The molecule has 0 aliphatic rings. The van der Waals surface area contributed by atoms with E-state index in [0.29, 0.717) is 16.4 Å². The molecule has 6 rings (SSSR count). The summed E-state index contributed by atoms with van der Waals surface area (Å²) in [4.78, 5) is 45.9. The lowest BCUT2D eigenvalue weighted by Gasteiger charge is -2.16. The van der Waals surface area contributed by atoms with Crippen LogP contribution >= 0.6 is 34.4 Å². The van der Waals surface area contributed by atoms with Crippen LogP contribution in [-0.2, 0) is 9.59 Å². The van der Waals surface area contributed by atoms with Gasteiger partial charge in [0.25, 0.3) is 11.8 Å². The van der Waals surface area contributed by atoms with Gasteiger partial charge in [-0.2, -0.15) is 0 Å². The van der Waals surface area contributed by atoms with Gasteiger partial charge in [-0.3, -0.25) is 14.4 Å². The summed E-state index contributed by atoms with van der Waals surface area (Å²) < 4.78 is 1.00. The summed E-state index contributed by atoms with van der Waals surface area (Å²) in [5, 5.41) is 10.5. The topological polar surface area (TPSA) is 100 Å². The van der Waals surface area contributed by atoms with Crippen LogP contribution in [0, 0.1) is 0 Å². The number of thioether (sulfide) groups is 1. The second kappa shape index (κ2) is 14.2. The molecule has 1 unspecified atom stereocenters. The number of hydrogen-bond acceptors (Lipinski definition) is 7. The number of nitrogens with one attached hydrogen (secondary N) is 3. The first kappa shape index (κ1) is 30.0. The van der Waals surface area contributed by atoms with E-state index in [2.05, 4.69) is 20.9 Å². The number of nitrogens with zero attached hydrogens (tertiary/aromatic N) is 1. The van der Waals surface area contributed by atoms with Crippen molar-refractivity contribution in [2.45, 2.75) is 10.1 Å². The molecule has 7 nitrogen and oxygen atoms in total. The summed E-state index contributed by atoms with van der Waals surface area (Å²) in [5.41, 5.74) is 2.82. The predicted molar refractivity (Wildman–Crippen MR) is 185 cm³/mol. The monoisotopic (exact) mass is 646 g/mol. The molecule has 0 spiro atoms. The van der Waals surface area contributed by atoms with E-state index in [4.69, 9.17) is 0 Å². The van der Waals surface area contributed by atoms with Crippen LogP contribution in [0.15, 0.2) is 137 Å². The standard InChI is InChI=1S/C35H26N4O3S3/c40-32(24-12-5-2-6-13-24)37-29(22-27-14-9-21-43-27)33(41)36-25-17-19-26(20-18-25)44-31(23-10-3-1-4-11-23)34(42)39-35-38-28-15-7-8-16-30(28)45-35/h1-22,31H,(H,36,41)(H,37,40)(H,38,39,42)/b29-22-. The number of para-hydroxylation sites is 1. The fourth-order valence-corrected chi connectivity index (χ4v) is 6.96. The number of carbonyl (C=O) groups is 3. The molecule has 0 saturated carbocycles. The zero-order valence-corrected chi connectivity index (χ0v) is 26.1. The highest BCUT2D eigenvalue weighted by molar-refractivity contribution is 8.00. The first-order chi connectivity index (χ1) is 22.0. The molecule has 0 bridgehead atoms. The van der Waals surface area contributed by atoms with Gasteiger partial charge in [0.2, 0.25) is 5.91 Å². The number of fused-ring (bicyclic) bond motifs is 1. The number of aromatic nitrogens is 1. The molecule has 4 aromatic carbocycles. The first-order valence-electron chi connectivity index (χ1n) is 13.9. The Hall–Kier alpha value is -5.03. The van der Waals surface area contributed by atoms with Crippen LogP contribution in [0.25, 0.3) is 16.3 Å². The fourth-order valence-electron chi connectivity index (χ4n) is 4.41. The highest BCUT2D eigenvalue weighted by atomic mass is 32.2. The van der Waals surface area contributed by atoms with Crippen molar-refractivity contribution in [1.29, 1.82) is 0 Å². The van der Waals surface area contributed by atoms with Gasteiger partial charge in [0.15, 0.2) is 5.13 Å². The highest BCUT2D eigenvalue weighted by Crippen LogP contribution is 2.37. The normalized spacial score (nSPS) is 12.0. The summed E-state index contributed by atoms with van der Waals surface area (Å²) in [6.45, 7) is 0. The van der Waals surface area contributed by atoms with E-state index in [1.165, 1.54) is 34.4 Å². The second-order valence-corrected chi connectivity index (χ2v) is 12.9. The molecule has 45 heavy (non-hydrogen) atoms. The lowest BCUT2D eigenvalue weighted by atomic mass is 10.1. The molecule has 0 saturated heterocycles. The maximum absolute atomic E-state index is 13.5. The molecular weight excluding hydrogens is 621 g/mol. The van der Waals surface area contributed by atoms with Crippen LogP contribution in [0.4, 0.5) is 10.8 Å². The van der Waals surface area contributed by atoms with Gasteiger partial charge < -0.3 is 16.0 Å². The SMILES string of the molecule is O=C(Nc1ccc(SC(C(=O)Nc2nc3ccccc3s2)c2ccccc2)cc1)/C(=C/c1cccs1)NC(=O)c1ccccc1. The van der Waals surface area contributed by atoms with E-state index < -0.39 is 11.2 Å². The van der Waals surface area contributed by atoms with Crippen molar-refractivity contribution in [2.75, 3.05) is 10.6 Å². The molecule has 0 fully saturated rings. The van der Waals surface area contributed by atoms with Crippen molar-refractivity contribution < 1.29 is 14.4 Å². The number of rotatable bonds is 10. The van der Waals surface area contributed by atoms with Crippen LogP contribution in [0.5, 0.6) is 0 Å². The zero-order chi connectivity index (χ0) is 31.0. The van der Waals surface area contributed by atoms with Gasteiger partial charge in [0, 0.05) is 21.0 Å². The second-order valence-electron chi connectivity index (χ2n) is 9.76. The van der Waals surface area contributed by atoms with Gasteiger partial charge in [-0.1, -0.05) is 78.1 Å². The Balaban J connectivity index is 1.17. The number of thiazole rings is 1. The van der Waals surface area contributed by atoms with E-state index in [0.717, 1.165) is 25.6 Å². The summed E-state index contributed by atoms with van der Waals surface area (Å²) in [5.74, 6) is -1.01. The molecule has 2 aromatic heterocycles. The quantitative estimate of drug-likeness (QED) is 0.103. The molecule has 6 aromatic rings. The minimum Gasteiger partial charge on any atom is -0.321 e. The van der Waals surface area contributed by atoms with Crippen molar-refractivity contribution in [2.24, 2.45) is 0 Å². The summed E-state index contributed by atoms with van der Waals surface area (Å²) in [6.07, 6.45) is 1.65. The van der Waals surface area contributed by atoms with Crippen LogP contribution in [0.1, 0.15) is 26.0 Å². The van der Waals surface area contributed by atoms with Gasteiger partial charge in [0.05, 0.1) is 10.2 Å². The lowest BCUT2D eigenvalue weighted by molar-refractivity contribution is -0.116. The molecule has 0 aliphatic heterocycles. The average Bonchev–Trinajstić information content (AvgIpc) is 3.74. The van der Waals surface area contributed by atoms with Crippen LogP contribution in [-0.4, -0.2) is 22.7 Å². The number of carbonyl (C=O) groups excluding carboxylic acids is 3. The molecule has 3 amide bonds. The Morgan fingerprint density at radius 3 is 2.18 bits per heavy atom. The third-order valence-electron chi connectivity index (χ3n) is 6.59. The van der Waals surface area contributed by atoms with Crippen LogP contribution < -0.4 is 16.0 Å². The van der Waals surface area contributed by atoms with Crippen molar-refractivity contribution in [3.05, 3.63) is 148 Å². The number of benzene rings is 4. The van der Waals surface area contributed by atoms with Gasteiger partial charge in [-0.05, 0) is 71.6 Å². The van der Waals surface area contributed by atoms with Gasteiger partial charge in [-0.25, -0.2) is 4.98 Å². The predicted octanol–water partition coefficient (Wildman–Crippen LogP) is 8.24. The largest absolute Gasteiger partial charge is 0.321 e. The van der Waals surface area contributed by atoms with E-state index in [9.17, 15) is 14.4 Å². The molecule has 0 radical (unpaired) electrons. The lowest BCUT2D eigenvalue weighted by Crippen LogP contribution is -2.30. The maximum atomic E-state index is 13.5. The Morgan fingerprint density at radius 1 is 0.756 bits per heavy atom. The summed E-state index contributed by atoms with van der Waals surface area (Å²) in [6, 6.07) is 37.1. The highest BCUT2D eigenvalue weighted by Gasteiger charge is 2.23. The van der Waals surface area contributed by atoms with Gasteiger partial charge >= 0.3 is 0 Å². The van der Waals surface area contributed by atoms with Gasteiger partial charge in [0.1, 0.15) is 10.9 Å². The van der Waals surface area contributed by atoms with Gasteiger partial charge in [-0.15, -0.1) is 23.1 Å². The minimum atomic E-state index is -0.535. The number of amides is 3. The Morgan fingerprint density at radius 2 is 1.47 bits per heavy atom. The third-order valence-corrected chi connectivity index (χ3v) is 9.63. The van der Waals surface area contributed by atoms with Crippen LogP contribution in [0.2, 0.25) is 0 Å². The average molecular weight is 647 g/mol. The van der Waals surface area contributed by atoms with Crippen molar-refractivity contribution in [3.63, 3.8) is 0 Å². The number of anilines is 2. The Labute approximate surface area is 272 Å². The molecule has 10 heteroatoms. The number of hydrogen-bond donors (Lipinski definition) is 3. The summed E-state index contributed by atoms with van der Waals surface area (Å²) in [7, 11) is 0. The van der Waals surface area contributed by atoms with E-state index in [1.807, 2.05) is 90.3 Å². The zero-order valence-electron chi connectivity index (χ0n) is 23.7. The maximum Gasteiger partial charge on any atom is 0.272 e. The third kappa shape index (κ3) is 7.74. The van der Waals surface area contributed by atoms with E-state index in [1.54, 1.807) is 42.5 Å². The molecule has 1 atom stereocenters. The minimum absolute atomic E-state index is 0.125. The molecular formula is C35H26N4O3S3. The van der Waals surface area contributed by atoms with Crippen molar-refractivity contribution >= 4 is 79.3 Å². The summed E-state index contributed by atoms with van der Waals surface area (Å²) >= 11 is 4.30. The van der Waals surface area contributed by atoms with Crippen molar-refractivity contribution in [3.8, 4) is 0 Å². The fraction of sp³-hybridized carbons (Fsp3) is 0.0286. The molecule has 222 valence electrons. The Kier molecular flexibility index (Phi) is 9.45. The number of thiophene rings is 1. The van der Waals surface area contributed by atoms with E-state index >= 15 is 0 Å². The molecule has 0 aliphatic carbocycles. The van der Waals surface area contributed by atoms with Crippen molar-refractivity contribution in [1.82, 2.24) is 10.3 Å². The smallest absolute Gasteiger partial charge is 0.272 e. The Bertz CT molecular complexity index is 1920. The van der Waals surface area contributed by atoms with Crippen LogP contribution in [0.3, 0.4) is 0 Å².